The fourth-order valence-electron chi connectivity index (χ4n) is 2.56. The molecule has 5 nitrogen and oxygen atoms in total. The average Bonchev–Trinajstić information content (AvgIpc) is 2.47. The summed E-state index contributed by atoms with van der Waals surface area (Å²) >= 11 is 0. The Bertz CT molecular complexity index is 828. The van der Waals surface area contributed by atoms with Gasteiger partial charge < -0.3 is 0 Å². The van der Waals surface area contributed by atoms with Crippen molar-refractivity contribution in [3.8, 4) is 0 Å². The molecular formula is C15H18N3O2S+. The molecule has 0 bridgehead atoms. The molecule has 1 aliphatic heterocycles. The van der Waals surface area contributed by atoms with Crippen LogP contribution in [0, 0.1) is 6.92 Å². The van der Waals surface area contributed by atoms with E-state index in [4.69, 9.17) is 0 Å². The molecule has 6 heteroatoms. The van der Waals surface area contributed by atoms with Gasteiger partial charge in [-0.25, -0.2) is 18.0 Å². The van der Waals surface area contributed by atoms with E-state index in [1.807, 2.05) is 30.8 Å². The van der Waals surface area contributed by atoms with E-state index >= 15 is 0 Å². The molecule has 110 valence electrons. The number of pyridine rings is 2. The van der Waals surface area contributed by atoms with E-state index in [2.05, 4.69) is 9.97 Å². The van der Waals surface area contributed by atoms with Gasteiger partial charge in [-0.2, -0.15) is 0 Å². The van der Waals surface area contributed by atoms with E-state index in [0.29, 0.717) is 18.4 Å². The maximum absolute atomic E-state index is 12.7. The highest BCUT2D eigenvalue weighted by atomic mass is 32.2. The number of fused-ring (bicyclic) bond motifs is 1. The molecule has 0 N–H and O–H groups in total. The van der Waals surface area contributed by atoms with Crippen molar-refractivity contribution in [2.24, 2.45) is 0 Å². The van der Waals surface area contributed by atoms with Crippen LogP contribution in [0.5, 0.6) is 0 Å². The largest absolute Gasteiger partial charge is 0.261 e. The second kappa shape index (κ2) is 5.18. The van der Waals surface area contributed by atoms with Crippen molar-refractivity contribution in [3.05, 3.63) is 30.1 Å². The van der Waals surface area contributed by atoms with E-state index in [-0.39, 0.29) is 10.3 Å². The molecule has 0 saturated carbocycles. The molecule has 2 aromatic rings. The molecule has 0 spiro atoms. The van der Waals surface area contributed by atoms with Crippen molar-refractivity contribution in [3.63, 3.8) is 0 Å². The molecule has 0 aliphatic carbocycles. The van der Waals surface area contributed by atoms with Gasteiger partial charge in [-0.3, -0.25) is 4.98 Å². The Labute approximate surface area is 124 Å². The topological polar surface area (TPSA) is 62.9 Å². The Morgan fingerprint density at radius 2 is 2.14 bits per heavy atom. The molecule has 0 radical (unpaired) electrons. The van der Waals surface area contributed by atoms with Gasteiger partial charge in [0.25, 0.3) is 0 Å². The number of aryl methyl sites for hydroxylation is 1. The highest BCUT2D eigenvalue weighted by Gasteiger charge is 2.32. The molecule has 1 atom stereocenters. The zero-order valence-electron chi connectivity index (χ0n) is 12.2. The molecule has 3 rings (SSSR count). The first-order valence-electron chi connectivity index (χ1n) is 6.98. The van der Waals surface area contributed by atoms with E-state index in [1.165, 1.54) is 0 Å². The molecule has 0 saturated heterocycles. The van der Waals surface area contributed by atoms with Crippen LogP contribution >= 0.6 is 0 Å². The van der Waals surface area contributed by atoms with Crippen molar-refractivity contribution in [2.45, 2.75) is 30.0 Å². The molecule has 2 aromatic heterocycles. The van der Waals surface area contributed by atoms with E-state index in [1.54, 1.807) is 18.3 Å². The van der Waals surface area contributed by atoms with E-state index < -0.39 is 9.84 Å². The van der Waals surface area contributed by atoms with Gasteiger partial charge in [0.15, 0.2) is 14.9 Å². The standard InChI is InChI=1S/C15H18N3O2S/c1-11-9-14-12(10-16-11)3-4-15(17-14)21(19,20)13-5-7-18(2)8-6-13/h3-4,7,9-10,13H,5-6,8H2,1-2H3/q+1. The maximum atomic E-state index is 12.7. The molecule has 1 unspecified atom stereocenters. The van der Waals surface area contributed by atoms with Gasteiger partial charge in [-0.05, 0) is 25.1 Å². The van der Waals surface area contributed by atoms with Gasteiger partial charge in [0.05, 0.1) is 10.8 Å². The minimum Gasteiger partial charge on any atom is -0.261 e. The lowest BCUT2D eigenvalue weighted by molar-refractivity contribution is -0.497. The summed E-state index contributed by atoms with van der Waals surface area (Å²) < 4.78 is 27.4. The molecule has 21 heavy (non-hydrogen) atoms. The van der Waals surface area contributed by atoms with Crippen LogP contribution in [0.15, 0.2) is 29.4 Å². The first-order valence-corrected chi connectivity index (χ1v) is 8.52. The zero-order chi connectivity index (χ0) is 15.0. The van der Waals surface area contributed by atoms with E-state index in [0.717, 1.165) is 17.6 Å². The Morgan fingerprint density at radius 1 is 1.33 bits per heavy atom. The van der Waals surface area contributed by atoms with Gasteiger partial charge in [0, 0.05) is 30.1 Å². The van der Waals surface area contributed by atoms with Crippen LogP contribution in [0.1, 0.15) is 18.5 Å². The van der Waals surface area contributed by atoms with Gasteiger partial charge in [-0.15, -0.1) is 0 Å². The number of rotatable bonds is 2. The third-order valence-electron chi connectivity index (χ3n) is 3.90. The highest BCUT2D eigenvalue weighted by molar-refractivity contribution is 7.92. The Balaban J connectivity index is 2.02. The quantitative estimate of drug-likeness (QED) is 0.790. The molecule has 0 amide bonds. The first-order chi connectivity index (χ1) is 9.96. The number of hydrogen-bond donors (Lipinski definition) is 0. The first kappa shape index (κ1) is 14.1. The number of sulfone groups is 1. The van der Waals surface area contributed by atoms with Crippen LogP contribution in [0.2, 0.25) is 0 Å². The van der Waals surface area contributed by atoms with Gasteiger partial charge >= 0.3 is 0 Å². The second-order valence-electron chi connectivity index (χ2n) is 5.52. The Morgan fingerprint density at radius 3 is 2.86 bits per heavy atom. The molecule has 0 aromatic carbocycles. The smallest absolute Gasteiger partial charge is 0.199 e. The van der Waals surface area contributed by atoms with Crippen molar-refractivity contribution >= 4 is 27.0 Å². The van der Waals surface area contributed by atoms with Crippen LogP contribution < -0.4 is 0 Å². The Kier molecular flexibility index (Phi) is 3.49. The fraction of sp³-hybridized carbons (Fsp3) is 0.400. The van der Waals surface area contributed by atoms with E-state index in [9.17, 15) is 8.42 Å². The summed E-state index contributed by atoms with van der Waals surface area (Å²) in [6, 6.07) is 5.18. The normalized spacial score (nSPS) is 19.5. The van der Waals surface area contributed by atoms with Gasteiger partial charge in [0.2, 0.25) is 0 Å². The predicted molar refractivity (Wildman–Crippen MR) is 81.6 cm³/mol. The average molecular weight is 304 g/mol. The number of nitrogens with zero attached hydrogens (tertiary/aromatic N) is 3. The van der Waals surface area contributed by atoms with Crippen molar-refractivity contribution < 1.29 is 13.0 Å². The van der Waals surface area contributed by atoms with Gasteiger partial charge in [-0.1, -0.05) is 0 Å². The van der Waals surface area contributed by atoms with Crippen molar-refractivity contribution in [1.82, 2.24) is 9.97 Å². The number of aromatic nitrogens is 2. The summed E-state index contributed by atoms with van der Waals surface area (Å²) in [5, 5.41) is 0.652. The van der Waals surface area contributed by atoms with Crippen LogP contribution in [0.3, 0.4) is 0 Å². The third kappa shape index (κ3) is 2.68. The number of hydrogen-bond acceptors (Lipinski definition) is 4. The maximum Gasteiger partial charge on any atom is 0.199 e. The zero-order valence-corrected chi connectivity index (χ0v) is 13.0. The van der Waals surface area contributed by atoms with Crippen LogP contribution in [-0.4, -0.2) is 48.0 Å². The summed E-state index contributed by atoms with van der Waals surface area (Å²) in [6.07, 6.45) is 4.86. The SMILES string of the molecule is Cc1cc2nc(S(=O)(=O)C3CC=[N+](C)CC3)ccc2cn1. The highest BCUT2D eigenvalue weighted by Crippen LogP contribution is 2.23. The molecular weight excluding hydrogens is 286 g/mol. The summed E-state index contributed by atoms with van der Waals surface area (Å²) in [5.41, 5.74) is 1.51. The van der Waals surface area contributed by atoms with Crippen LogP contribution in [0.4, 0.5) is 0 Å². The minimum atomic E-state index is -3.38. The molecule has 0 fully saturated rings. The summed E-state index contributed by atoms with van der Waals surface area (Å²) in [7, 11) is -1.41. The lowest BCUT2D eigenvalue weighted by Crippen LogP contribution is -2.31. The van der Waals surface area contributed by atoms with Crippen LogP contribution in [0.25, 0.3) is 10.9 Å². The lowest BCUT2D eigenvalue weighted by atomic mass is 10.2. The minimum absolute atomic E-state index is 0.170. The fourth-order valence-corrected chi connectivity index (χ4v) is 4.14. The summed E-state index contributed by atoms with van der Waals surface area (Å²) in [4.78, 5) is 8.54. The van der Waals surface area contributed by atoms with Crippen LogP contribution in [-0.2, 0) is 9.84 Å². The Hall–Kier alpha value is -1.82. The monoisotopic (exact) mass is 304 g/mol. The van der Waals surface area contributed by atoms with Crippen molar-refractivity contribution in [1.29, 1.82) is 0 Å². The summed E-state index contributed by atoms with van der Waals surface area (Å²) in [6.45, 7) is 2.63. The third-order valence-corrected chi connectivity index (χ3v) is 6.02. The predicted octanol–water partition coefficient (Wildman–Crippen LogP) is 1.59. The molecule has 3 heterocycles. The van der Waals surface area contributed by atoms with Gasteiger partial charge in [0.1, 0.15) is 19.8 Å². The molecule has 1 aliphatic rings. The van der Waals surface area contributed by atoms with Crippen molar-refractivity contribution in [2.75, 3.05) is 13.6 Å². The lowest BCUT2D eigenvalue weighted by Gasteiger charge is -2.17. The summed E-state index contributed by atoms with van der Waals surface area (Å²) in [5.74, 6) is 0. The second-order valence-corrected chi connectivity index (χ2v) is 7.70.